The third-order valence-corrected chi connectivity index (χ3v) is 1.50. The number of carbonyl (C=O) groups is 1. The van der Waals surface area contributed by atoms with Crippen LogP contribution >= 0.6 is 0 Å². The van der Waals surface area contributed by atoms with Crippen molar-refractivity contribution in [3.63, 3.8) is 0 Å². The quantitative estimate of drug-likeness (QED) is 0.547. The van der Waals surface area contributed by atoms with Crippen molar-refractivity contribution in [3.05, 3.63) is 36.9 Å². The summed E-state index contributed by atoms with van der Waals surface area (Å²) in [5.74, 6) is 0. The first kappa shape index (κ1) is 7.52. The van der Waals surface area contributed by atoms with Crippen LogP contribution in [0.4, 0.5) is 4.79 Å². The average molecular weight is 174 g/mol. The van der Waals surface area contributed by atoms with Crippen molar-refractivity contribution in [3.8, 4) is 0 Å². The zero-order chi connectivity index (χ0) is 9.10. The van der Waals surface area contributed by atoms with Gasteiger partial charge in [-0.1, -0.05) is 5.73 Å². The van der Waals surface area contributed by atoms with E-state index in [9.17, 15) is 4.79 Å². The van der Waals surface area contributed by atoms with Gasteiger partial charge in [0.25, 0.3) is 0 Å². The molecule has 0 aliphatic carbocycles. The van der Waals surface area contributed by atoms with E-state index in [1.54, 1.807) is 12.4 Å². The van der Waals surface area contributed by atoms with Gasteiger partial charge in [-0.05, 0) is 0 Å². The normalized spacial score (nSPS) is 13.7. The SMILES string of the molecule is O=C(N1C=C=CN=C1)n1ccnc1. The van der Waals surface area contributed by atoms with Gasteiger partial charge >= 0.3 is 6.03 Å². The Labute approximate surface area is 74.3 Å². The highest BCUT2D eigenvalue weighted by Crippen LogP contribution is 1.97. The van der Waals surface area contributed by atoms with Crippen LogP contribution in [0.5, 0.6) is 0 Å². The Hall–Kier alpha value is -2.13. The van der Waals surface area contributed by atoms with Crippen LogP contribution in [0.2, 0.25) is 0 Å². The third-order valence-electron chi connectivity index (χ3n) is 1.50. The Balaban J connectivity index is 2.24. The van der Waals surface area contributed by atoms with Crippen LogP contribution in [0.15, 0.2) is 41.8 Å². The van der Waals surface area contributed by atoms with Crippen molar-refractivity contribution in [1.82, 2.24) is 14.5 Å². The van der Waals surface area contributed by atoms with Crippen molar-refractivity contribution in [2.75, 3.05) is 0 Å². The van der Waals surface area contributed by atoms with Gasteiger partial charge in [0, 0.05) is 12.4 Å². The lowest BCUT2D eigenvalue weighted by molar-refractivity contribution is 0.232. The lowest BCUT2D eigenvalue weighted by Gasteiger charge is -2.11. The Morgan fingerprint density at radius 3 is 3.00 bits per heavy atom. The molecule has 0 unspecified atom stereocenters. The van der Waals surface area contributed by atoms with Crippen LogP contribution in [0.3, 0.4) is 0 Å². The minimum absolute atomic E-state index is 0.234. The molecule has 5 heteroatoms. The molecule has 5 nitrogen and oxygen atoms in total. The molecule has 2 rings (SSSR count). The van der Waals surface area contributed by atoms with Gasteiger partial charge in [-0.3, -0.25) is 9.47 Å². The molecule has 0 fully saturated rings. The fourth-order valence-electron chi connectivity index (χ4n) is 0.905. The summed E-state index contributed by atoms with van der Waals surface area (Å²) in [5.41, 5.74) is 2.70. The number of amides is 1. The summed E-state index contributed by atoms with van der Waals surface area (Å²) in [5, 5.41) is 0. The standard InChI is InChI=1S/C8H6N4O/c13-8(12-5-3-10-7-12)11-4-1-2-9-6-11/h2-7H. The molecule has 13 heavy (non-hydrogen) atoms. The maximum Gasteiger partial charge on any atom is 0.339 e. The molecule has 0 bridgehead atoms. The van der Waals surface area contributed by atoms with E-state index in [1.165, 1.54) is 34.5 Å². The third kappa shape index (κ3) is 1.40. The van der Waals surface area contributed by atoms with E-state index < -0.39 is 0 Å². The second-order valence-electron chi connectivity index (χ2n) is 2.35. The van der Waals surface area contributed by atoms with E-state index in [1.807, 2.05) is 0 Å². The predicted octanol–water partition coefficient (Wildman–Crippen LogP) is 0.821. The van der Waals surface area contributed by atoms with Gasteiger partial charge in [-0.2, -0.15) is 0 Å². The first-order chi connectivity index (χ1) is 6.38. The molecule has 0 saturated carbocycles. The largest absolute Gasteiger partial charge is 0.339 e. The summed E-state index contributed by atoms with van der Waals surface area (Å²) in [6.45, 7) is 0. The smallest absolute Gasteiger partial charge is 0.257 e. The minimum Gasteiger partial charge on any atom is -0.257 e. The molecular weight excluding hydrogens is 168 g/mol. The maximum absolute atomic E-state index is 11.5. The van der Waals surface area contributed by atoms with Crippen LogP contribution in [0, 0.1) is 0 Å². The number of carbonyl (C=O) groups excluding carboxylic acids is 1. The lowest BCUT2D eigenvalue weighted by atomic mass is 10.6. The number of imidazole rings is 1. The number of hydrogen-bond acceptors (Lipinski definition) is 3. The van der Waals surface area contributed by atoms with E-state index in [-0.39, 0.29) is 6.03 Å². The predicted molar refractivity (Wildman–Crippen MR) is 46.0 cm³/mol. The van der Waals surface area contributed by atoms with E-state index in [0.29, 0.717) is 0 Å². The number of aromatic nitrogens is 2. The Bertz CT molecular complexity index is 398. The molecule has 1 amide bonds. The van der Waals surface area contributed by atoms with E-state index in [4.69, 9.17) is 0 Å². The Morgan fingerprint density at radius 2 is 2.38 bits per heavy atom. The molecule has 0 radical (unpaired) electrons. The molecule has 1 aliphatic heterocycles. The van der Waals surface area contributed by atoms with Crippen LogP contribution in [0.25, 0.3) is 0 Å². The molecule has 0 aromatic carbocycles. The van der Waals surface area contributed by atoms with Gasteiger partial charge in [0.1, 0.15) is 12.7 Å². The zero-order valence-corrected chi connectivity index (χ0v) is 6.66. The van der Waals surface area contributed by atoms with E-state index >= 15 is 0 Å². The van der Waals surface area contributed by atoms with Crippen LogP contribution in [-0.4, -0.2) is 26.8 Å². The highest BCUT2D eigenvalue weighted by Gasteiger charge is 2.10. The monoisotopic (exact) mass is 174 g/mol. The second kappa shape index (κ2) is 3.08. The molecule has 1 aromatic rings. The van der Waals surface area contributed by atoms with E-state index in [2.05, 4.69) is 15.7 Å². The fraction of sp³-hybridized carbons (Fsp3) is 0. The summed E-state index contributed by atoms with van der Waals surface area (Å²) in [6.07, 6.45) is 8.95. The Kier molecular flexibility index (Phi) is 1.78. The highest BCUT2D eigenvalue weighted by molar-refractivity contribution is 5.89. The minimum atomic E-state index is -0.234. The molecular formula is C8H6N4O. The Morgan fingerprint density at radius 1 is 1.46 bits per heavy atom. The van der Waals surface area contributed by atoms with Crippen molar-refractivity contribution < 1.29 is 4.79 Å². The molecule has 0 spiro atoms. The number of hydrogen-bond donors (Lipinski definition) is 0. The van der Waals surface area contributed by atoms with Gasteiger partial charge < -0.3 is 0 Å². The van der Waals surface area contributed by atoms with Crippen molar-refractivity contribution in [2.45, 2.75) is 0 Å². The van der Waals surface area contributed by atoms with E-state index in [0.717, 1.165) is 0 Å². The molecule has 2 heterocycles. The fourth-order valence-corrected chi connectivity index (χ4v) is 0.905. The molecule has 64 valence electrons. The maximum atomic E-state index is 11.5. The summed E-state index contributed by atoms with van der Waals surface area (Å²) in [4.78, 5) is 20.4. The number of rotatable bonds is 0. The van der Waals surface area contributed by atoms with Crippen LogP contribution in [-0.2, 0) is 0 Å². The van der Waals surface area contributed by atoms with Gasteiger partial charge in [0.05, 0.1) is 12.4 Å². The van der Waals surface area contributed by atoms with Gasteiger partial charge in [0.2, 0.25) is 0 Å². The van der Waals surface area contributed by atoms with Crippen LogP contribution in [0.1, 0.15) is 0 Å². The summed E-state index contributed by atoms with van der Waals surface area (Å²) in [6, 6.07) is -0.234. The summed E-state index contributed by atoms with van der Waals surface area (Å²) < 4.78 is 1.36. The molecule has 1 aromatic heterocycles. The first-order valence-corrected chi connectivity index (χ1v) is 3.63. The van der Waals surface area contributed by atoms with Crippen molar-refractivity contribution in [2.24, 2.45) is 4.99 Å². The molecule has 0 N–H and O–H groups in total. The average Bonchev–Trinajstić information content (AvgIpc) is 2.71. The van der Waals surface area contributed by atoms with Crippen molar-refractivity contribution in [1.29, 1.82) is 0 Å². The first-order valence-electron chi connectivity index (χ1n) is 3.63. The van der Waals surface area contributed by atoms with Crippen LogP contribution < -0.4 is 0 Å². The molecule has 1 aliphatic rings. The summed E-state index contributed by atoms with van der Waals surface area (Å²) in [7, 11) is 0. The summed E-state index contributed by atoms with van der Waals surface area (Å²) >= 11 is 0. The van der Waals surface area contributed by atoms with Gasteiger partial charge in [-0.15, -0.1) is 0 Å². The highest BCUT2D eigenvalue weighted by atomic mass is 16.2. The lowest BCUT2D eigenvalue weighted by Crippen LogP contribution is -2.28. The number of nitrogens with zero attached hydrogens (tertiary/aromatic N) is 4. The zero-order valence-electron chi connectivity index (χ0n) is 6.66. The van der Waals surface area contributed by atoms with Crippen molar-refractivity contribution >= 4 is 12.4 Å². The number of aliphatic imine (C=N–C) groups is 1. The second-order valence-corrected chi connectivity index (χ2v) is 2.35. The van der Waals surface area contributed by atoms with Gasteiger partial charge in [-0.25, -0.2) is 14.8 Å². The molecule has 0 saturated heterocycles. The topological polar surface area (TPSA) is 50.5 Å². The van der Waals surface area contributed by atoms with Gasteiger partial charge in [0.15, 0.2) is 0 Å². The molecule has 0 atom stereocenters.